The normalized spacial score (nSPS) is 13.6. The highest BCUT2D eigenvalue weighted by molar-refractivity contribution is 4.84. The summed E-state index contributed by atoms with van der Waals surface area (Å²) in [6.07, 6.45) is 40.7. The number of aliphatic hydroxyl groups excluding tert-OH is 2. The van der Waals surface area contributed by atoms with Crippen molar-refractivity contribution in [1.82, 2.24) is 5.32 Å². The molecular formula is C36H71NO2. The summed E-state index contributed by atoms with van der Waals surface area (Å²) in [6, 6.07) is 0. The maximum absolute atomic E-state index is 9.99. The SMILES string of the molecule is CCCCCC[C@@H](O)CC=CCCCCCCCCNCCCCCCCCC=CC[C@H](O)CCCCCC. The Balaban J connectivity index is 3.22. The van der Waals surface area contributed by atoms with E-state index in [2.05, 4.69) is 43.5 Å². The molecule has 3 heteroatoms. The van der Waals surface area contributed by atoms with Crippen LogP contribution in [-0.2, 0) is 0 Å². The average Bonchev–Trinajstić information content (AvgIpc) is 2.94. The van der Waals surface area contributed by atoms with Gasteiger partial charge in [0.25, 0.3) is 0 Å². The van der Waals surface area contributed by atoms with Gasteiger partial charge in [0.1, 0.15) is 0 Å². The third kappa shape index (κ3) is 33.5. The van der Waals surface area contributed by atoms with Crippen molar-refractivity contribution in [3.63, 3.8) is 0 Å². The third-order valence-electron chi connectivity index (χ3n) is 7.88. The lowest BCUT2D eigenvalue weighted by Gasteiger charge is -2.07. The molecule has 232 valence electrons. The molecule has 0 spiro atoms. The predicted octanol–water partition coefficient (Wildman–Crippen LogP) is 10.6. The second-order valence-corrected chi connectivity index (χ2v) is 12.0. The van der Waals surface area contributed by atoms with Gasteiger partial charge in [0.15, 0.2) is 0 Å². The van der Waals surface area contributed by atoms with Gasteiger partial charge in [-0.3, -0.25) is 0 Å². The molecule has 39 heavy (non-hydrogen) atoms. The first-order chi connectivity index (χ1) is 19.2. The summed E-state index contributed by atoms with van der Waals surface area (Å²) in [5.74, 6) is 0. The Hall–Kier alpha value is -0.640. The molecule has 0 heterocycles. The highest BCUT2D eigenvalue weighted by Gasteiger charge is 2.01. The fourth-order valence-corrected chi connectivity index (χ4v) is 5.16. The van der Waals surface area contributed by atoms with E-state index in [1.54, 1.807) is 0 Å². The van der Waals surface area contributed by atoms with E-state index < -0.39 is 0 Å². The minimum Gasteiger partial charge on any atom is -0.393 e. The Morgan fingerprint density at radius 3 is 1.21 bits per heavy atom. The standard InChI is InChI=1S/C36H71NO2/c1-3-5-7-23-29-35(38)31-25-19-15-11-9-13-17-21-27-33-37-34-28-22-18-14-10-12-16-20-26-32-36(39)30-24-8-6-4-2/h19-20,25-26,35-39H,3-18,21-24,27-34H2,1-2H3/t35-,36-/m1/s1. The van der Waals surface area contributed by atoms with Gasteiger partial charge in [-0.05, 0) is 77.3 Å². The zero-order valence-corrected chi connectivity index (χ0v) is 26.7. The van der Waals surface area contributed by atoms with Crippen LogP contribution in [0.2, 0.25) is 0 Å². The van der Waals surface area contributed by atoms with Gasteiger partial charge in [-0.15, -0.1) is 0 Å². The second kappa shape index (κ2) is 33.6. The molecule has 0 fully saturated rings. The molecule has 0 rings (SSSR count). The first kappa shape index (κ1) is 38.4. The van der Waals surface area contributed by atoms with Crippen LogP contribution in [-0.4, -0.2) is 35.5 Å². The van der Waals surface area contributed by atoms with Crippen LogP contribution in [0.5, 0.6) is 0 Å². The van der Waals surface area contributed by atoms with Gasteiger partial charge in [0.2, 0.25) is 0 Å². The van der Waals surface area contributed by atoms with Gasteiger partial charge in [0, 0.05) is 0 Å². The van der Waals surface area contributed by atoms with Crippen molar-refractivity contribution in [1.29, 1.82) is 0 Å². The van der Waals surface area contributed by atoms with E-state index in [4.69, 9.17) is 0 Å². The summed E-state index contributed by atoms with van der Waals surface area (Å²) < 4.78 is 0. The first-order valence-corrected chi connectivity index (χ1v) is 17.6. The number of nitrogens with one attached hydrogen (secondary N) is 1. The summed E-state index contributed by atoms with van der Waals surface area (Å²) in [6.45, 7) is 6.83. The lowest BCUT2D eigenvalue weighted by molar-refractivity contribution is 0.163. The van der Waals surface area contributed by atoms with Gasteiger partial charge in [-0.2, -0.15) is 0 Å². The average molecular weight is 550 g/mol. The number of rotatable bonds is 32. The van der Waals surface area contributed by atoms with Gasteiger partial charge in [-0.25, -0.2) is 0 Å². The molecule has 0 aliphatic heterocycles. The van der Waals surface area contributed by atoms with E-state index in [0.29, 0.717) is 0 Å². The monoisotopic (exact) mass is 550 g/mol. The fraction of sp³-hybridized carbons (Fsp3) is 0.889. The fourth-order valence-electron chi connectivity index (χ4n) is 5.16. The highest BCUT2D eigenvalue weighted by Crippen LogP contribution is 2.12. The Morgan fingerprint density at radius 2 is 0.795 bits per heavy atom. The molecule has 0 amide bonds. The maximum atomic E-state index is 9.99. The minimum atomic E-state index is -0.133. The van der Waals surface area contributed by atoms with E-state index in [1.807, 2.05) is 0 Å². The van der Waals surface area contributed by atoms with Crippen molar-refractivity contribution in [3.8, 4) is 0 Å². The van der Waals surface area contributed by atoms with Gasteiger partial charge in [0.05, 0.1) is 12.2 Å². The van der Waals surface area contributed by atoms with Crippen LogP contribution in [0.25, 0.3) is 0 Å². The van der Waals surface area contributed by atoms with Gasteiger partial charge >= 0.3 is 0 Å². The Kier molecular flexibility index (Phi) is 33.0. The van der Waals surface area contributed by atoms with Crippen LogP contribution in [0, 0.1) is 0 Å². The Labute approximate surface area is 245 Å². The van der Waals surface area contributed by atoms with Crippen LogP contribution in [0.15, 0.2) is 24.3 Å². The zero-order chi connectivity index (χ0) is 28.5. The summed E-state index contributed by atoms with van der Waals surface area (Å²) in [7, 11) is 0. The Bertz CT molecular complexity index is 460. The van der Waals surface area contributed by atoms with Gasteiger partial charge < -0.3 is 15.5 Å². The van der Waals surface area contributed by atoms with Gasteiger partial charge in [-0.1, -0.05) is 141 Å². The number of hydrogen-bond acceptors (Lipinski definition) is 3. The van der Waals surface area contributed by atoms with Crippen molar-refractivity contribution in [2.24, 2.45) is 0 Å². The number of unbranched alkanes of at least 4 members (excludes halogenated alkanes) is 18. The number of hydrogen-bond donors (Lipinski definition) is 3. The molecule has 0 aromatic heterocycles. The summed E-state index contributed by atoms with van der Waals surface area (Å²) in [5.41, 5.74) is 0. The molecule has 0 unspecified atom stereocenters. The van der Waals surface area contributed by atoms with Crippen LogP contribution >= 0.6 is 0 Å². The second-order valence-electron chi connectivity index (χ2n) is 12.0. The van der Waals surface area contributed by atoms with E-state index in [9.17, 15) is 10.2 Å². The lowest BCUT2D eigenvalue weighted by atomic mass is 10.1. The first-order valence-electron chi connectivity index (χ1n) is 17.6. The largest absolute Gasteiger partial charge is 0.393 e. The summed E-state index contributed by atoms with van der Waals surface area (Å²) in [5, 5.41) is 23.6. The number of aliphatic hydroxyl groups is 2. The van der Waals surface area contributed by atoms with Crippen LogP contribution in [0.4, 0.5) is 0 Å². The molecule has 0 saturated carbocycles. The topological polar surface area (TPSA) is 52.5 Å². The molecule has 0 aromatic carbocycles. The molecule has 0 aliphatic rings. The van der Waals surface area contributed by atoms with Crippen molar-refractivity contribution >= 4 is 0 Å². The van der Waals surface area contributed by atoms with Crippen molar-refractivity contribution < 1.29 is 10.2 Å². The van der Waals surface area contributed by atoms with E-state index in [-0.39, 0.29) is 12.2 Å². The molecule has 0 aliphatic carbocycles. The van der Waals surface area contributed by atoms with Crippen LogP contribution in [0.1, 0.15) is 181 Å². The molecule has 0 radical (unpaired) electrons. The molecular weight excluding hydrogens is 478 g/mol. The Morgan fingerprint density at radius 1 is 0.436 bits per heavy atom. The predicted molar refractivity (Wildman–Crippen MR) is 175 cm³/mol. The maximum Gasteiger partial charge on any atom is 0.0574 e. The summed E-state index contributed by atoms with van der Waals surface area (Å²) in [4.78, 5) is 0. The molecule has 0 saturated heterocycles. The molecule has 0 aromatic rings. The molecule has 3 N–H and O–H groups in total. The highest BCUT2D eigenvalue weighted by atomic mass is 16.3. The van der Waals surface area contributed by atoms with E-state index in [0.717, 1.165) is 25.7 Å². The lowest BCUT2D eigenvalue weighted by Crippen LogP contribution is -2.16. The van der Waals surface area contributed by atoms with Crippen molar-refractivity contribution in [3.05, 3.63) is 24.3 Å². The van der Waals surface area contributed by atoms with E-state index in [1.165, 1.54) is 154 Å². The van der Waals surface area contributed by atoms with Crippen molar-refractivity contribution in [2.75, 3.05) is 13.1 Å². The quantitative estimate of drug-likeness (QED) is 0.0577. The number of allylic oxidation sites excluding steroid dienone is 2. The smallest absolute Gasteiger partial charge is 0.0574 e. The van der Waals surface area contributed by atoms with Crippen molar-refractivity contribution in [2.45, 2.75) is 193 Å². The van der Waals surface area contributed by atoms with Crippen LogP contribution in [0.3, 0.4) is 0 Å². The summed E-state index contributed by atoms with van der Waals surface area (Å²) >= 11 is 0. The molecule has 3 nitrogen and oxygen atoms in total. The minimum absolute atomic E-state index is 0.133. The zero-order valence-electron chi connectivity index (χ0n) is 26.7. The van der Waals surface area contributed by atoms with Crippen LogP contribution < -0.4 is 5.32 Å². The third-order valence-corrected chi connectivity index (χ3v) is 7.88. The van der Waals surface area contributed by atoms with E-state index >= 15 is 0 Å². The molecule has 2 atom stereocenters. The molecule has 0 bridgehead atoms.